The van der Waals surface area contributed by atoms with Crippen molar-refractivity contribution in [1.29, 1.82) is 0 Å². The van der Waals surface area contributed by atoms with E-state index in [2.05, 4.69) is 12.2 Å². The molecule has 1 saturated carbocycles. The van der Waals surface area contributed by atoms with Gasteiger partial charge in [-0.25, -0.2) is 4.39 Å². The van der Waals surface area contributed by atoms with Crippen LogP contribution in [0.15, 0.2) is 18.2 Å². The molecule has 2 nitrogen and oxygen atoms in total. The molecule has 20 heavy (non-hydrogen) atoms. The summed E-state index contributed by atoms with van der Waals surface area (Å²) >= 11 is 6.28. The van der Waals surface area contributed by atoms with Gasteiger partial charge in [-0.3, -0.25) is 0 Å². The van der Waals surface area contributed by atoms with Crippen molar-refractivity contribution < 1.29 is 9.13 Å². The van der Waals surface area contributed by atoms with E-state index in [-0.39, 0.29) is 18.0 Å². The van der Waals surface area contributed by atoms with Crippen molar-refractivity contribution in [2.75, 3.05) is 13.2 Å². The second kappa shape index (κ2) is 7.39. The third-order valence-corrected chi connectivity index (χ3v) is 4.03. The van der Waals surface area contributed by atoms with Gasteiger partial charge < -0.3 is 10.1 Å². The molecule has 4 heteroatoms. The molecule has 0 saturated heterocycles. The van der Waals surface area contributed by atoms with E-state index in [9.17, 15) is 4.39 Å². The average molecular weight is 300 g/mol. The van der Waals surface area contributed by atoms with Crippen molar-refractivity contribution in [3.05, 3.63) is 34.6 Å². The summed E-state index contributed by atoms with van der Waals surface area (Å²) in [6, 6.07) is 4.52. The first kappa shape index (κ1) is 15.7. The van der Waals surface area contributed by atoms with Crippen LogP contribution in [0.3, 0.4) is 0 Å². The third kappa shape index (κ3) is 3.94. The molecule has 0 heterocycles. The molecule has 2 rings (SSSR count). The van der Waals surface area contributed by atoms with Crippen molar-refractivity contribution in [1.82, 2.24) is 5.32 Å². The minimum Gasteiger partial charge on any atom is -0.376 e. The van der Waals surface area contributed by atoms with E-state index in [4.69, 9.17) is 16.3 Å². The standard InChI is InChI=1S/C16H23ClFNO/c1-3-9-19-15(16(20-4-2)11-5-6-11)13-10-12(18)7-8-14(13)17/h7-8,10-11,15-16,19H,3-6,9H2,1-2H3. The fourth-order valence-corrected chi connectivity index (χ4v) is 2.81. The van der Waals surface area contributed by atoms with E-state index in [1.807, 2.05) is 6.92 Å². The first-order valence-electron chi connectivity index (χ1n) is 7.47. The number of rotatable bonds is 8. The van der Waals surface area contributed by atoms with Gasteiger partial charge in [0.1, 0.15) is 5.82 Å². The Morgan fingerprint density at radius 3 is 2.75 bits per heavy atom. The maximum Gasteiger partial charge on any atom is 0.123 e. The number of hydrogen-bond donors (Lipinski definition) is 1. The maximum atomic E-state index is 13.6. The SMILES string of the molecule is CCCNC(c1cc(F)ccc1Cl)C(OCC)C1CC1. The van der Waals surface area contributed by atoms with Crippen LogP contribution in [-0.4, -0.2) is 19.3 Å². The summed E-state index contributed by atoms with van der Waals surface area (Å²) in [5.74, 6) is 0.308. The maximum absolute atomic E-state index is 13.6. The number of ether oxygens (including phenoxy) is 1. The Balaban J connectivity index is 2.26. The van der Waals surface area contributed by atoms with Crippen molar-refractivity contribution in [2.24, 2.45) is 5.92 Å². The molecule has 112 valence electrons. The quantitative estimate of drug-likeness (QED) is 0.771. The number of benzene rings is 1. The predicted molar refractivity (Wildman–Crippen MR) is 80.6 cm³/mol. The molecule has 1 aromatic rings. The van der Waals surface area contributed by atoms with Crippen LogP contribution in [0.1, 0.15) is 44.7 Å². The van der Waals surface area contributed by atoms with Gasteiger partial charge in [0.2, 0.25) is 0 Å². The second-order valence-corrected chi connectivity index (χ2v) is 5.76. The van der Waals surface area contributed by atoms with Gasteiger partial charge >= 0.3 is 0 Å². The molecule has 2 unspecified atom stereocenters. The Kier molecular flexibility index (Phi) is 5.82. The largest absolute Gasteiger partial charge is 0.376 e. The van der Waals surface area contributed by atoms with Gasteiger partial charge in [-0.05, 0) is 62.4 Å². The summed E-state index contributed by atoms with van der Waals surface area (Å²) in [7, 11) is 0. The minimum atomic E-state index is -0.251. The lowest BCUT2D eigenvalue weighted by molar-refractivity contribution is 0.0185. The minimum absolute atomic E-state index is 0.0365. The first-order valence-corrected chi connectivity index (χ1v) is 7.85. The Labute approximate surface area is 125 Å². The highest BCUT2D eigenvalue weighted by atomic mass is 35.5. The third-order valence-electron chi connectivity index (χ3n) is 3.68. The Bertz CT molecular complexity index is 436. The van der Waals surface area contributed by atoms with Crippen molar-refractivity contribution in [3.63, 3.8) is 0 Å². The van der Waals surface area contributed by atoms with Crippen LogP contribution in [0.25, 0.3) is 0 Å². The molecular weight excluding hydrogens is 277 g/mol. The van der Waals surface area contributed by atoms with Gasteiger partial charge in [0.25, 0.3) is 0 Å². The molecule has 0 radical (unpaired) electrons. The highest BCUT2D eigenvalue weighted by Gasteiger charge is 2.38. The Morgan fingerprint density at radius 2 is 2.15 bits per heavy atom. The smallest absolute Gasteiger partial charge is 0.123 e. The normalized spacial score (nSPS) is 18.0. The lowest BCUT2D eigenvalue weighted by atomic mass is 9.97. The lowest BCUT2D eigenvalue weighted by Crippen LogP contribution is -2.36. The molecule has 1 aromatic carbocycles. The molecule has 0 amide bonds. The first-order chi connectivity index (χ1) is 9.67. The van der Waals surface area contributed by atoms with Gasteiger partial charge in [-0.1, -0.05) is 18.5 Å². The molecule has 2 atom stereocenters. The summed E-state index contributed by atoms with van der Waals surface area (Å²) < 4.78 is 19.5. The van der Waals surface area contributed by atoms with E-state index < -0.39 is 0 Å². The van der Waals surface area contributed by atoms with E-state index in [1.54, 1.807) is 6.07 Å². The predicted octanol–water partition coefficient (Wildman–Crippen LogP) is 4.33. The zero-order valence-corrected chi connectivity index (χ0v) is 12.9. The monoisotopic (exact) mass is 299 g/mol. The summed E-state index contributed by atoms with van der Waals surface area (Å²) in [4.78, 5) is 0. The van der Waals surface area contributed by atoms with Crippen LogP contribution in [0.2, 0.25) is 5.02 Å². The van der Waals surface area contributed by atoms with Crippen LogP contribution in [0.4, 0.5) is 4.39 Å². The van der Waals surface area contributed by atoms with E-state index in [0.29, 0.717) is 17.5 Å². The molecule has 0 bridgehead atoms. The fraction of sp³-hybridized carbons (Fsp3) is 0.625. The highest BCUT2D eigenvalue weighted by Crippen LogP contribution is 2.41. The van der Waals surface area contributed by atoms with Gasteiger partial charge in [-0.15, -0.1) is 0 Å². The van der Waals surface area contributed by atoms with Gasteiger partial charge in [0.15, 0.2) is 0 Å². The van der Waals surface area contributed by atoms with Crippen LogP contribution < -0.4 is 5.32 Å². The summed E-state index contributed by atoms with van der Waals surface area (Å²) in [6.07, 6.45) is 3.46. The topological polar surface area (TPSA) is 21.3 Å². The average Bonchev–Trinajstić information content (AvgIpc) is 3.26. The number of halogens is 2. The molecule has 1 aliphatic rings. The van der Waals surface area contributed by atoms with E-state index in [1.165, 1.54) is 25.0 Å². The van der Waals surface area contributed by atoms with Crippen molar-refractivity contribution >= 4 is 11.6 Å². The summed E-state index contributed by atoms with van der Waals surface area (Å²) in [5, 5.41) is 4.09. The lowest BCUT2D eigenvalue weighted by Gasteiger charge is -2.29. The van der Waals surface area contributed by atoms with Crippen LogP contribution in [0, 0.1) is 11.7 Å². The Hall–Kier alpha value is -0.640. The van der Waals surface area contributed by atoms with Crippen LogP contribution >= 0.6 is 11.6 Å². The Morgan fingerprint density at radius 1 is 1.40 bits per heavy atom. The van der Waals surface area contributed by atoms with E-state index in [0.717, 1.165) is 18.5 Å². The fourth-order valence-electron chi connectivity index (χ4n) is 2.58. The van der Waals surface area contributed by atoms with Gasteiger partial charge in [0, 0.05) is 11.6 Å². The zero-order chi connectivity index (χ0) is 14.5. The highest BCUT2D eigenvalue weighted by molar-refractivity contribution is 6.31. The molecule has 0 aromatic heterocycles. The molecule has 0 spiro atoms. The second-order valence-electron chi connectivity index (χ2n) is 5.36. The van der Waals surface area contributed by atoms with E-state index >= 15 is 0 Å². The van der Waals surface area contributed by atoms with Crippen molar-refractivity contribution in [3.8, 4) is 0 Å². The van der Waals surface area contributed by atoms with Gasteiger partial charge in [-0.2, -0.15) is 0 Å². The van der Waals surface area contributed by atoms with Crippen LogP contribution in [0.5, 0.6) is 0 Å². The molecule has 1 fully saturated rings. The van der Waals surface area contributed by atoms with Gasteiger partial charge in [0.05, 0.1) is 12.1 Å². The molecular formula is C16H23ClFNO. The molecule has 0 aliphatic heterocycles. The van der Waals surface area contributed by atoms with Crippen molar-refractivity contribution in [2.45, 2.75) is 45.3 Å². The number of hydrogen-bond acceptors (Lipinski definition) is 2. The van der Waals surface area contributed by atoms with Crippen LogP contribution in [-0.2, 0) is 4.74 Å². The number of nitrogens with one attached hydrogen (secondary N) is 1. The summed E-state index contributed by atoms with van der Waals surface area (Å²) in [6.45, 7) is 5.65. The molecule has 1 aliphatic carbocycles. The molecule has 1 N–H and O–H groups in total. The summed E-state index contributed by atoms with van der Waals surface area (Å²) in [5.41, 5.74) is 0.811. The zero-order valence-electron chi connectivity index (χ0n) is 12.2.